The molecule has 0 fully saturated rings. The molecule has 0 saturated carbocycles. The van der Waals surface area contributed by atoms with Gasteiger partial charge in [0.05, 0.1) is 0 Å². The summed E-state index contributed by atoms with van der Waals surface area (Å²) in [4.78, 5) is 14.2. The maximum absolute atomic E-state index is 13.9. The Morgan fingerprint density at radius 2 is 1.96 bits per heavy atom. The largest absolute Gasteiger partial charge is 0.504 e. The summed E-state index contributed by atoms with van der Waals surface area (Å²) in [5.41, 5.74) is 8.45. The Kier molecular flexibility index (Phi) is 4.07. The summed E-state index contributed by atoms with van der Waals surface area (Å²) in [6.07, 6.45) is 3.99. The van der Waals surface area contributed by atoms with Crippen LogP contribution in [0.5, 0.6) is 0 Å². The van der Waals surface area contributed by atoms with Gasteiger partial charge in [0.25, 0.3) is 0 Å². The third-order valence-electron chi connectivity index (χ3n) is 6.07. The fraction of sp³-hybridized carbons (Fsp3) is 0.318. The molecule has 1 atom stereocenters. The number of ketones is 1. The summed E-state index contributed by atoms with van der Waals surface area (Å²) >= 11 is 0. The maximum atomic E-state index is 13.9. The van der Waals surface area contributed by atoms with E-state index in [1.807, 2.05) is 6.92 Å². The van der Waals surface area contributed by atoms with Gasteiger partial charge in [0.15, 0.2) is 5.76 Å². The minimum absolute atomic E-state index is 0.240. The Balaban J connectivity index is 1.96. The molecule has 0 amide bonds. The molecule has 0 saturated heterocycles. The van der Waals surface area contributed by atoms with Gasteiger partial charge in [-0.1, -0.05) is 13.0 Å². The van der Waals surface area contributed by atoms with Crippen molar-refractivity contribution < 1.29 is 14.3 Å². The van der Waals surface area contributed by atoms with Crippen LogP contribution in [0.3, 0.4) is 0 Å². The molecule has 1 unspecified atom stereocenters. The first-order chi connectivity index (χ1) is 13.1. The number of Topliss-reactive ketones (excluding diaryl/α,β-unsaturated/α-hetero) is 1. The summed E-state index contributed by atoms with van der Waals surface area (Å²) in [6.45, 7) is 12.0. The van der Waals surface area contributed by atoms with Crippen molar-refractivity contribution in [1.82, 2.24) is 9.29 Å². The first-order valence-corrected chi connectivity index (χ1v) is 9.54. The molecule has 1 aliphatic carbocycles. The third-order valence-corrected chi connectivity index (χ3v) is 6.07. The molecular formula is C22H24BFN2O2. The van der Waals surface area contributed by atoms with Crippen molar-refractivity contribution in [3.63, 3.8) is 0 Å². The lowest BCUT2D eigenvalue weighted by molar-refractivity contribution is -0.113. The van der Waals surface area contributed by atoms with Gasteiger partial charge in [-0.25, -0.2) is 0 Å². The zero-order valence-electron chi connectivity index (χ0n) is 17.1. The number of hydrogen-bond acceptors (Lipinski definition) is 3. The van der Waals surface area contributed by atoms with Crippen molar-refractivity contribution in [2.24, 2.45) is 5.92 Å². The fourth-order valence-electron chi connectivity index (χ4n) is 4.69. The zero-order chi connectivity index (χ0) is 20.5. The predicted molar refractivity (Wildman–Crippen MR) is 110 cm³/mol. The number of nitrogens with zero attached hydrogens (tertiary/aromatic N) is 2. The number of hydrogen-bond donors (Lipinski definition) is 1. The second-order valence-electron chi connectivity index (χ2n) is 8.03. The summed E-state index contributed by atoms with van der Waals surface area (Å²) in [5.74, 6) is -2.11. The Bertz CT molecular complexity index is 1100. The molecule has 4 nitrogen and oxygen atoms in total. The van der Waals surface area contributed by atoms with Gasteiger partial charge in [0.2, 0.25) is 11.6 Å². The van der Waals surface area contributed by atoms with E-state index in [4.69, 9.17) is 0 Å². The van der Waals surface area contributed by atoms with Gasteiger partial charge < -0.3 is 14.4 Å². The van der Waals surface area contributed by atoms with Crippen LogP contribution in [0, 0.1) is 19.8 Å². The Morgan fingerprint density at radius 1 is 1.29 bits per heavy atom. The zero-order valence-corrected chi connectivity index (χ0v) is 17.1. The van der Waals surface area contributed by atoms with Crippen LogP contribution in [-0.4, -0.2) is 27.7 Å². The minimum Gasteiger partial charge on any atom is -0.504 e. The number of aryl methyl sites for hydroxylation is 2. The van der Waals surface area contributed by atoms with Crippen molar-refractivity contribution in [3.05, 3.63) is 74.9 Å². The SMILES string of the molecule is CC1=CC(C)C2=C(/C(C)=C/C3=C(C)C(=O)C(F)=C3O)c3c(C)cc(C)n3BN12. The van der Waals surface area contributed by atoms with Crippen molar-refractivity contribution in [1.29, 1.82) is 0 Å². The average Bonchev–Trinajstić information content (AvgIpc) is 3.16. The number of carbonyl (C=O) groups is 1. The summed E-state index contributed by atoms with van der Waals surface area (Å²) in [5, 5.41) is 10.1. The minimum atomic E-state index is -1.07. The molecule has 1 aromatic heterocycles. The fourth-order valence-corrected chi connectivity index (χ4v) is 4.69. The highest BCUT2D eigenvalue weighted by atomic mass is 19.1. The molecule has 0 aromatic carbocycles. The van der Waals surface area contributed by atoms with Gasteiger partial charge in [0.1, 0.15) is 0 Å². The average molecular weight is 378 g/mol. The van der Waals surface area contributed by atoms with E-state index in [0.29, 0.717) is 0 Å². The topological polar surface area (TPSA) is 45.5 Å². The summed E-state index contributed by atoms with van der Waals surface area (Å²) in [6, 6.07) is 2.18. The monoisotopic (exact) mass is 378 g/mol. The Labute approximate surface area is 165 Å². The van der Waals surface area contributed by atoms with Gasteiger partial charge in [-0.3, -0.25) is 4.79 Å². The number of carbonyl (C=O) groups excluding carboxylic acids is 1. The Morgan fingerprint density at radius 3 is 2.57 bits per heavy atom. The van der Waals surface area contributed by atoms with Crippen LogP contribution >= 0.6 is 0 Å². The quantitative estimate of drug-likeness (QED) is 0.777. The van der Waals surface area contributed by atoms with Crippen molar-refractivity contribution in [2.45, 2.75) is 41.5 Å². The predicted octanol–water partition coefficient (Wildman–Crippen LogP) is 4.38. The molecule has 1 N–H and O–H groups in total. The highest BCUT2D eigenvalue weighted by Gasteiger charge is 2.36. The molecule has 3 aliphatic rings. The second-order valence-corrected chi connectivity index (χ2v) is 8.03. The first kappa shape index (κ1) is 18.6. The van der Waals surface area contributed by atoms with E-state index in [1.54, 1.807) is 13.0 Å². The van der Waals surface area contributed by atoms with E-state index < -0.39 is 17.4 Å². The number of aliphatic hydroxyl groups is 1. The van der Waals surface area contributed by atoms with Crippen LogP contribution in [0.2, 0.25) is 0 Å². The van der Waals surface area contributed by atoms with E-state index in [-0.39, 0.29) is 17.1 Å². The van der Waals surface area contributed by atoms with Gasteiger partial charge in [-0.2, -0.15) is 4.39 Å². The van der Waals surface area contributed by atoms with Crippen molar-refractivity contribution in [2.75, 3.05) is 0 Å². The molecule has 6 heteroatoms. The van der Waals surface area contributed by atoms with E-state index in [2.05, 4.69) is 49.1 Å². The second kappa shape index (κ2) is 6.13. The molecule has 28 heavy (non-hydrogen) atoms. The lowest BCUT2D eigenvalue weighted by atomic mass is 9.86. The molecule has 144 valence electrons. The first-order valence-electron chi connectivity index (χ1n) is 9.54. The highest BCUT2D eigenvalue weighted by Crippen LogP contribution is 2.44. The molecule has 1 aromatic rings. The molecule has 0 spiro atoms. The number of aromatic nitrogens is 1. The summed E-state index contributed by atoms with van der Waals surface area (Å²) < 4.78 is 16.2. The molecule has 0 bridgehead atoms. The standard InChI is InChI=1S/C22H24BFN2O2/c1-10(9-16-15(6)21(27)18(24)22(16)28)17-19-11(2)7-13(4)25(19)23-26-14(5)8-12(3)20(17)26/h7-9,11,23,28H,1-6H3/b10-9+. The molecule has 2 aliphatic heterocycles. The highest BCUT2D eigenvalue weighted by molar-refractivity contribution is 6.34. The van der Waals surface area contributed by atoms with Crippen molar-refractivity contribution >= 4 is 18.9 Å². The van der Waals surface area contributed by atoms with Crippen LogP contribution < -0.4 is 0 Å². The molecule has 0 radical (unpaired) electrons. The third kappa shape index (κ3) is 2.40. The smallest absolute Gasteiger partial charge is 0.365 e. The molecular weight excluding hydrogens is 354 g/mol. The van der Waals surface area contributed by atoms with E-state index in [9.17, 15) is 14.3 Å². The van der Waals surface area contributed by atoms with Crippen molar-refractivity contribution in [3.8, 4) is 0 Å². The lowest BCUT2D eigenvalue weighted by Gasteiger charge is -2.34. The van der Waals surface area contributed by atoms with Gasteiger partial charge >= 0.3 is 7.55 Å². The van der Waals surface area contributed by atoms with E-state index >= 15 is 0 Å². The number of fused-ring (bicyclic) bond motifs is 2. The number of rotatable bonds is 2. The maximum Gasteiger partial charge on any atom is 0.365 e. The number of aliphatic hydroxyl groups excluding tert-OH is 1. The normalized spacial score (nSPS) is 22.2. The molecule has 4 rings (SSSR count). The van der Waals surface area contributed by atoms with E-state index in [0.717, 1.165) is 24.4 Å². The molecule has 3 heterocycles. The van der Waals surface area contributed by atoms with Gasteiger partial charge in [-0.15, -0.1) is 0 Å². The van der Waals surface area contributed by atoms with Crippen LogP contribution in [0.4, 0.5) is 4.39 Å². The van der Waals surface area contributed by atoms with Gasteiger partial charge in [-0.05, 0) is 63.6 Å². The van der Waals surface area contributed by atoms with Crippen LogP contribution in [0.25, 0.3) is 5.57 Å². The summed E-state index contributed by atoms with van der Waals surface area (Å²) in [7, 11) is 0.772. The Hall–Kier alpha value is -2.76. The van der Waals surface area contributed by atoms with E-state index in [1.165, 1.54) is 22.7 Å². The van der Waals surface area contributed by atoms with Crippen LogP contribution in [0.1, 0.15) is 44.6 Å². The van der Waals surface area contributed by atoms with Crippen LogP contribution in [0.15, 0.2) is 57.9 Å². The van der Waals surface area contributed by atoms with Crippen LogP contribution in [-0.2, 0) is 4.79 Å². The number of allylic oxidation sites excluding steroid dienone is 7. The van der Waals surface area contributed by atoms with Gasteiger partial charge in [0, 0.05) is 39.7 Å². The lowest BCUT2D eigenvalue weighted by Crippen LogP contribution is -2.35. The number of halogens is 1.